The minimum absolute atomic E-state index is 0.812. The minimum atomic E-state index is 0.812. The van der Waals surface area contributed by atoms with Gasteiger partial charge in [-0.25, -0.2) is 9.97 Å². The maximum Gasteiger partial charge on any atom is 0.134 e. The largest absolute Gasteiger partial charge is 0.373 e. The lowest BCUT2D eigenvalue weighted by molar-refractivity contribution is 0.337. The first kappa shape index (κ1) is 14.1. The van der Waals surface area contributed by atoms with Crippen molar-refractivity contribution < 1.29 is 0 Å². The smallest absolute Gasteiger partial charge is 0.134 e. The van der Waals surface area contributed by atoms with Crippen LogP contribution in [-0.4, -0.2) is 48.1 Å². The number of nitrogens with one attached hydrogen (secondary N) is 2. The highest BCUT2D eigenvalue weighted by Gasteiger charge is 2.25. The zero-order valence-corrected chi connectivity index (χ0v) is 12.5. The summed E-state index contributed by atoms with van der Waals surface area (Å²) >= 11 is 0. The van der Waals surface area contributed by atoms with Crippen LogP contribution in [0.2, 0.25) is 0 Å². The average molecular weight is 263 g/mol. The van der Waals surface area contributed by atoms with Crippen LogP contribution in [-0.2, 0) is 6.42 Å². The number of aromatic nitrogens is 2. The van der Waals surface area contributed by atoms with Gasteiger partial charge >= 0.3 is 0 Å². The molecule has 1 aromatic heterocycles. The quantitative estimate of drug-likeness (QED) is 0.787. The second kappa shape index (κ2) is 6.19. The number of hydrogen-bond donors (Lipinski definition) is 2. The molecule has 0 bridgehead atoms. The van der Waals surface area contributed by atoms with Crippen molar-refractivity contribution in [1.82, 2.24) is 14.9 Å². The molecular weight excluding hydrogens is 238 g/mol. The van der Waals surface area contributed by atoms with Crippen molar-refractivity contribution in [1.29, 1.82) is 0 Å². The number of hydrogen-bond acceptors (Lipinski definition) is 5. The van der Waals surface area contributed by atoms with E-state index in [0.29, 0.717) is 0 Å². The molecule has 1 aliphatic rings. The number of aryl methyl sites for hydroxylation is 1. The van der Waals surface area contributed by atoms with E-state index in [9.17, 15) is 0 Å². The van der Waals surface area contributed by atoms with Crippen LogP contribution < -0.4 is 10.6 Å². The van der Waals surface area contributed by atoms with Gasteiger partial charge in [0, 0.05) is 38.2 Å². The first-order valence-corrected chi connectivity index (χ1v) is 7.15. The molecule has 2 N–H and O–H groups in total. The number of anilines is 2. The van der Waals surface area contributed by atoms with E-state index in [2.05, 4.69) is 46.4 Å². The summed E-state index contributed by atoms with van der Waals surface area (Å²) in [6.45, 7) is 6.12. The van der Waals surface area contributed by atoms with Gasteiger partial charge in [0.15, 0.2) is 0 Å². The summed E-state index contributed by atoms with van der Waals surface area (Å²) in [4.78, 5) is 11.5. The van der Waals surface area contributed by atoms with Crippen LogP contribution in [0.5, 0.6) is 0 Å². The average Bonchev–Trinajstić information content (AvgIpc) is 3.25. The summed E-state index contributed by atoms with van der Waals surface area (Å²) in [5.41, 5.74) is 1.09. The van der Waals surface area contributed by atoms with Gasteiger partial charge in [0.2, 0.25) is 0 Å². The van der Waals surface area contributed by atoms with Crippen LogP contribution in [0.4, 0.5) is 11.6 Å². The third-order valence-electron chi connectivity index (χ3n) is 3.67. The van der Waals surface area contributed by atoms with Crippen molar-refractivity contribution in [3.8, 4) is 0 Å². The maximum absolute atomic E-state index is 4.58. The second-order valence-electron chi connectivity index (χ2n) is 5.20. The summed E-state index contributed by atoms with van der Waals surface area (Å²) in [6, 6.07) is 0.812. The number of nitrogens with zero attached hydrogens (tertiary/aromatic N) is 3. The molecule has 0 amide bonds. The monoisotopic (exact) mass is 263 g/mol. The van der Waals surface area contributed by atoms with Gasteiger partial charge in [-0.3, -0.25) is 0 Å². The molecule has 0 saturated heterocycles. The molecule has 1 fully saturated rings. The molecule has 5 heteroatoms. The molecule has 0 radical (unpaired) electrons. The zero-order valence-electron chi connectivity index (χ0n) is 12.5. The van der Waals surface area contributed by atoms with Crippen molar-refractivity contribution in [3.05, 3.63) is 11.4 Å². The fourth-order valence-corrected chi connectivity index (χ4v) is 2.19. The van der Waals surface area contributed by atoms with Crippen molar-refractivity contribution >= 4 is 11.6 Å². The van der Waals surface area contributed by atoms with Crippen LogP contribution in [0.1, 0.15) is 31.2 Å². The molecule has 0 unspecified atom stereocenters. The van der Waals surface area contributed by atoms with Gasteiger partial charge in [-0.2, -0.15) is 0 Å². The van der Waals surface area contributed by atoms with Crippen molar-refractivity contribution in [2.45, 2.75) is 39.2 Å². The van der Waals surface area contributed by atoms with Gasteiger partial charge in [-0.1, -0.05) is 6.92 Å². The molecular formula is C14H25N5. The Morgan fingerprint density at radius 1 is 1.26 bits per heavy atom. The summed E-state index contributed by atoms with van der Waals surface area (Å²) < 4.78 is 0. The van der Waals surface area contributed by atoms with E-state index in [1.807, 2.05) is 7.05 Å². The van der Waals surface area contributed by atoms with Crippen molar-refractivity contribution in [2.75, 3.05) is 37.8 Å². The number of likely N-dealkylation sites (N-methyl/N-ethyl adjacent to an activating group) is 1. The maximum atomic E-state index is 4.58. The molecule has 0 spiro atoms. The standard InChI is InChI=1S/C14H25N5/c1-5-12-17-13(15-3)10(2)14(18-12)16-8-9-19(4)11-6-7-11/h11H,5-9H2,1-4H3,(H2,15,16,17,18). The van der Waals surface area contributed by atoms with Gasteiger partial charge in [0.1, 0.15) is 17.5 Å². The lowest BCUT2D eigenvalue weighted by Gasteiger charge is -2.17. The van der Waals surface area contributed by atoms with Gasteiger partial charge in [0.25, 0.3) is 0 Å². The SMILES string of the molecule is CCc1nc(NC)c(C)c(NCCN(C)C2CC2)n1. The van der Waals surface area contributed by atoms with E-state index in [1.54, 1.807) is 0 Å². The third kappa shape index (κ3) is 3.56. The van der Waals surface area contributed by atoms with Crippen LogP contribution in [0.15, 0.2) is 0 Å². The Balaban J connectivity index is 1.97. The first-order valence-electron chi connectivity index (χ1n) is 7.15. The van der Waals surface area contributed by atoms with Crippen LogP contribution in [0.3, 0.4) is 0 Å². The molecule has 5 nitrogen and oxygen atoms in total. The molecule has 1 aromatic rings. The second-order valence-corrected chi connectivity index (χ2v) is 5.20. The van der Waals surface area contributed by atoms with E-state index >= 15 is 0 Å². The Kier molecular flexibility index (Phi) is 4.58. The fraction of sp³-hybridized carbons (Fsp3) is 0.714. The Bertz CT molecular complexity index is 428. The third-order valence-corrected chi connectivity index (χ3v) is 3.67. The molecule has 0 atom stereocenters. The zero-order chi connectivity index (χ0) is 13.8. The van der Waals surface area contributed by atoms with Crippen molar-refractivity contribution in [3.63, 3.8) is 0 Å². The van der Waals surface area contributed by atoms with Gasteiger partial charge in [-0.15, -0.1) is 0 Å². The fourth-order valence-electron chi connectivity index (χ4n) is 2.19. The van der Waals surface area contributed by atoms with Crippen LogP contribution >= 0.6 is 0 Å². The van der Waals surface area contributed by atoms with Crippen LogP contribution in [0.25, 0.3) is 0 Å². The Morgan fingerprint density at radius 3 is 2.53 bits per heavy atom. The summed E-state index contributed by atoms with van der Waals surface area (Å²) in [7, 11) is 4.10. The first-order chi connectivity index (χ1) is 9.15. The van der Waals surface area contributed by atoms with E-state index in [-0.39, 0.29) is 0 Å². The molecule has 1 saturated carbocycles. The summed E-state index contributed by atoms with van der Waals surface area (Å²) in [6.07, 6.45) is 3.56. The Morgan fingerprint density at radius 2 is 1.95 bits per heavy atom. The van der Waals surface area contributed by atoms with E-state index in [4.69, 9.17) is 0 Å². The highest BCUT2D eigenvalue weighted by molar-refractivity contribution is 5.56. The lowest BCUT2D eigenvalue weighted by atomic mass is 10.3. The predicted molar refractivity (Wildman–Crippen MR) is 79.8 cm³/mol. The molecule has 19 heavy (non-hydrogen) atoms. The van der Waals surface area contributed by atoms with Gasteiger partial charge in [0.05, 0.1) is 0 Å². The topological polar surface area (TPSA) is 53.1 Å². The van der Waals surface area contributed by atoms with Gasteiger partial charge < -0.3 is 15.5 Å². The molecule has 0 aromatic carbocycles. The minimum Gasteiger partial charge on any atom is -0.373 e. The normalized spacial score (nSPS) is 14.8. The highest BCUT2D eigenvalue weighted by atomic mass is 15.2. The Labute approximate surface area is 115 Å². The highest BCUT2D eigenvalue weighted by Crippen LogP contribution is 2.25. The summed E-state index contributed by atoms with van der Waals surface area (Å²) in [5.74, 6) is 2.76. The van der Waals surface area contributed by atoms with Crippen LogP contribution in [0, 0.1) is 6.92 Å². The molecule has 1 heterocycles. The van der Waals surface area contributed by atoms with E-state index in [0.717, 1.165) is 48.6 Å². The van der Waals surface area contributed by atoms with Gasteiger partial charge in [-0.05, 0) is 26.8 Å². The van der Waals surface area contributed by atoms with Crippen molar-refractivity contribution in [2.24, 2.45) is 0 Å². The summed E-state index contributed by atoms with van der Waals surface area (Å²) in [5, 5.41) is 6.58. The molecule has 106 valence electrons. The molecule has 1 aliphatic carbocycles. The van der Waals surface area contributed by atoms with E-state index in [1.165, 1.54) is 12.8 Å². The Hall–Kier alpha value is -1.36. The number of rotatable bonds is 7. The molecule has 0 aliphatic heterocycles. The molecule has 2 rings (SSSR count). The van der Waals surface area contributed by atoms with E-state index < -0.39 is 0 Å². The lowest BCUT2D eigenvalue weighted by Crippen LogP contribution is -2.27. The predicted octanol–water partition coefficient (Wildman–Crippen LogP) is 1.90.